The number of phenolic OH excluding ortho intramolecular Hbond substituents is 1. The summed E-state index contributed by atoms with van der Waals surface area (Å²) in [5, 5.41) is 12.7. The van der Waals surface area contributed by atoms with Crippen LogP contribution < -0.4 is 14.8 Å². The summed E-state index contributed by atoms with van der Waals surface area (Å²) in [7, 11) is 0. The van der Waals surface area contributed by atoms with E-state index in [2.05, 4.69) is 14.8 Å². The third-order valence-electron chi connectivity index (χ3n) is 6.83. The van der Waals surface area contributed by atoms with Crippen LogP contribution in [0.2, 0.25) is 0 Å². The summed E-state index contributed by atoms with van der Waals surface area (Å²) in [4.78, 5) is 13.5. The summed E-state index contributed by atoms with van der Waals surface area (Å²) >= 11 is 0. The number of alkyl halides is 6. The summed E-state index contributed by atoms with van der Waals surface area (Å²) in [5.74, 6) is -1.46. The number of amides is 1. The fourth-order valence-electron chi connectivity index (χ4n) is 5.16. The van der Waals surface area contributed by atoms with E-state index in [-0.39, 0.29) is 35.6 Å². The quantitative estimate of drug-likeness (QED) is 0.265. The Labute approximate surface area is 226 Å². The van der Waals surface area contributed by atoms with Crippen molar-refractivity contribution in [1.82, 2.24) is 5.32 Å². The van der Waals surface area contributed by atoms with Crippen molar-refractivity contribution in [2.45, 2.75) is 56.8 Å². The number of rotatable bonds is 9. The molecule has 1 fully saturated rings. The van der Waals surface area contributed by atoms with E-state index in [0.717, 1.165) is 49.9 Å². The molecular weight excluding hydrogens is 540 g/mol. The van der Waals surface area contributed by atoms with Crippen LogP contribution in [0.5, 0.6) is 17.2 Å². The smallest absolute Gasteiger partial charge is 0.508 e. The van der Waals surface area contributed by atoms with Gasteiger partial charge in [0.05, 0.1) is 5.54 Å². The van der Waals surface area contributed by atoms with E-state index in [9.17, 15) is 36.2 Å². The summed E-state index contributed by atoms with van der Waals surface area (Å²) in [6, 6.07) is 15.8. The van der Waals surface area contributed by atoms with Gasteiger partial charge in [-0.3, -0.25) is 4.79 Å². The Hall–Kier alpha value is -3.89. The van der Waals surface area contributed by atoms with Gasteiger partial charge in [0.15, 0.2) is 0 Å². The average molecular weight is 568 g/mol. The molecule has 3 aromatic carbocycles. The number of aromatic hydroxyl groups is 1. The minimum atomic E-state index is -5.00. The topological polar surface area (TPSA) is 67.8 Å². The highest BCUT2D eigenvalue weighted by molar-refractivity contribution is 5.78. The monoisotopic (exact) mass is 567 g/mol. The average Bonchev–Trinajstić information content (AvgIpc) is 3.36. The highest BCUT2D eigenvalue weighted by Gasteiger charge is 2.39. The molecule has 2 N–H and O–H groups in total. The van der Waals surface area contributed by atoms with Crippen LogP contribution in [0, 0.1) is 5.92 Å². The fraction of sp³-hybridized carbons (Fsp3) is 0.345. The van der Waals surface area contributed by atoms with E-state index in [1.807, 2.05) is 0 Å². The van der Waals surface area contributed by atoms with Gasteiger partial charge in [0.1, 0.15) is 17.2 Å². The molecule has 1 saturated carbocycles. The van der Waals surface area contributed by atoms with E-state index in [0.29, 0.717) is 5.56 Å². The van der Waals surface area contributed by atoms with E-state index in [1.165, 1.54) is 36.4 Å². The Morgan fingerprint density at radius 3 is 1.77 bits per heavy atom. The number of phenols is 1. The van der Waals surface area contributed by atoms with Gasteiger partial charge in [-0.05, 0) is 71.8 Å². The molecule has 0 unspecified atom stereocenters. The zero-order valence-electron chi connectivity index (χ0n) is 21.2. The molecule has 5 nitrogen and oxygen atoms in total. The SMILES string of the molecule is O=C(CC1CCCC1)NC(Cc1ccc(O)cc1)(c1cccc(OC(F)(F)F)c1)c1cccc(OC(F)(F)F)c1. The van der Waals surface area contributed by atoms with Gasteiger partial charge in [-0.25, -0.2) is 0 Å². The number of carbonyl (C=O) groups excluding carboxylic acids is 1. The molecule has 0 aromatic heterocycles. The predicted molar refractivity (Wildman–Crippen MR) is 134 cm³/mol. The lowest BCUT2D eigenvalue weighted by molar-refractivity contribution is -0.275. The first-order valence-corrected chi connectivity index (χ1v) is 12.6. The van der Waals surface area contributed by atoms with Gasteiger partial charge < -0.3 is 19.9 Å². The second-order valence-corrected chi connectivity index (χ2v) is 9.80. The number of hydrogen-bond acceptors (Lipinski definition) is 4. The highest BCUT2D eigenvalue weighted by atomic mass is 19.4. The lowest BCUT2D eigenvalue weighted by Crippen LogP contribution is -2.49. The molecule has 11 heteroatoms. The Balaban J connectivity index is 1.87. The van der Waals surface area contributed by atoms with Crippen molar-refractivity contribution in [2.24, 2.45) is 5.92 Å². The van der Waals surface area contributed by atoms with Gasteiger partial charge in [0.25, 0.3) is 0 Å². The van der Waals surface area contributed by atoms with Crippen LogP contribution in [0.25, 0.3) is 0 Å². The maximum atomic E-state index is 13.5. The maximum Gasteiger partial charge on any atom is 0.573 e. The van der Waals surface area contributed by atoms with Crippen molar-refractivity contribution < 1.29 is 45.7 Å². The van der Waals surface area contributed by atoms with Crippen LogP contribution in [0.3, 0.4) is 0 Å². The first-order valence-electron chi connectivity index (χ1n) is 12.6. The van der Waals surface area contributed by atoms with E-state index in [4.69, 9.17) is 0 Å². The van der Waals surface area contributed by atoms with Crippen molar-refractivity contribution in [1.29, 1.82) is 0 Å². The summed E-state index contributed by atoms with van der Waals surface area (Å²) < 4.78 is 86.8. The van der Waals surface area contributed by atoms with Crippen molar-refractivity contribution in [3.05, 3.63) is 89.5 Å². The Morgan fingerprint density at radius 1 is 0.800 bits per heavy atom. The van der Waals surface area contributed by atoms with E-state index in [1.54, 1.807) is 12.1 Å². The van der Waals surface area contributed by atoms with E-state index >= 15 is 0 Å². The summed E-state index contributed by atoms with van der Waals surface area (Å²) in [6.07, 6.45) is -6.27. The first kappa shape index (κ1) is 29.1. The minimum Gasteiger partial charge on any atom is -0.508 e. The van der Waals surface area contributed by atoms with Crippen LogP contribution in [0.1, 0.15) is 48.8 Å². The molecule has 0 radical (unpaired) electrons. The first-order chi connectivity index (χ1) is 18.8. The number of benzene rings is 3. The molecule has 0 aliphatic heterocycles. The zero-order chi connectivity index (χ0) is 29.0. The number of ether oxygens (including phenoxy) is 2. The summed E-state index contributed by atoms with van der Waals surface area (Å²) in [6.45, 7) is 0. The van der Waals surface area contributed by atoms with E-state index < -0.39 is 35.7 Å². The van der Waals surface area contributed by atoms with Gasteiger partial charge in [0.2, 0.25) is 5.91 Å². The van der Waals surface area contributed by atoms with Gasteiger partial charge in [-0.15, -0.1) is 26.3 Å². The van der Waals surface area contributed by atoms with Crippen molar-refractivity contribution in [3.63, 3.8) is 0 Å². The molecule has 0 saturated heterocycles. The van der Waals surface area contributed by atoms with Gasteiger partial charge in [-0.2, -0.15) is 0 Å². The second-order valence-electron chi connectivity index (χ2n) is 9.80. The predicted octanol–water partition coefficient (Wildman–Crippen LogP) is 7.37. The van der Waals surface area contributed by atoms with Crippen LogP contribution in [-0.2, 0) is 16.8 Å². The second kappa shape index (κ2) is 11.7. The molecule has 1 aliphatic rings. The number of halogens is 6. The molecule has 214 valence electrons. The lowest BCUT2D eigenvalue weighted by atomic mass is 9.77. The zero-order valence-corrected chi connectivity index (χ0v) is 21.2. The fourth-order valence-corrected chi connectivity index (χ4v) is 5.16. The number of hydrogen-bond donors (Lipinski definition) is 2. The molecule has 0 bridgehead atoms. The minimum absolute atomic E-state index is 0.0410. The molecule has 0 spiro atoms. The van der Waals surface area contributed by atoms with Crippen LogP contribution in [0.15, 0.2) is 72.8 Å². The van der Waals surface area contributed by atoms with Crippen LogP contribution >= 0.6 is 0 Å². The summed E-state index contributed by atoms with van der Waals surface area (Å²) in [5.41, 5.74) is -0.802. The maximum absolute atomic E-state index is 13.5. The van der Waals surface area contributed by atoms with Crippen molar-refractivity contribution in [2.75, 3.05) is 0 Å². The largest absolute Gasteiger partial charge is 0.573 e. The lowest BCUT2D eigenvalue weighted by Gasteiger charge is -2.37. The molecule has 1 amide bonds. The van der Waals surface area contributed by atoms with Gasteiger partial charge >= 0.3 is 12.7 Å². The number of carbonyl (C=O) groups is 1. The number of nitrogens with one attached hydrogen (secondary N) is 1. The molecule has 3 aromatic rings. The third kappa shape index (κ3) is 7.83. The molecule has 0 heterocycles. The van der Waals surface area contributed by atoms with Crippen LogP contribution in [-0.4, -0.2) is 23.7 Å². The standard InChI is InChI=1S/C29H27F6NO4/c30-28(31,32)39-24-9-3-7-21(16-24)27(18-20-11-13-23(37)14-12-20,36-26(38)15-19-5-1-2-6-19)22-8-4-10-25(17-22)40-29(33,34)35/h3-4,7-14,16-17,19,37H,1-2,5-6,15,18H2,(H,36,38). The van der Waals surface area contributed by atoms with Crippen molar-refractivity contribution >= 4 is 5.91 Å². The Morgan fingerprint density at radius 2 is 1.30 bits per heavy atom. The van der Waals surface area contributed by atoms with Crippen LogP contribution in [0.4, 0.5) is 26.3 Å². The molecule has 40 heavy (non-hydrogen) atoms. The Bertz CT molecular complexity index is 1240. The molecule has 0 atom stereocenters. The third-order valence-corrected chi connectivity index (χ3v) is 6.83. The molecule has 1 aliphatic carbocycles. The van der Waals surface area contributed by atoms with Crippen molar-refractivity contribution in [3.8, 4) is 17.2 Å². The molecule has 4 rings (SSSR count). The normalized spacial score (nSPS) is 14.7. The highest BCUT2D eigenvalue weighted by Crippen LogP contribution is 2.39. The van der Waals surface area contributed by atoms with Gasteiger partial charge in [0, 0.05) is 12.8 Å². The Kier molecular flexibility index (Phi) is 8.51. The van der Waals surface area contributed by atoms with Gasteiger partial charge in [-0.1, -0.05) is 49.2 Å². The molecular formula is C29H27F6NO4.